The van der Waals surface area contributed by atoms with Crippen LogP contribution in [0.2, 0.25) is 0 Å². The predicted molar refractivity (Wildman–Crippen MR) is 54.7 cm³/mol. The summed E-state index contributed by atoms with van der Waals surface area (Å²) in [5.74, 6) is -0.162. The second-order valence-electron chi connectivity index (χ2n) is 4.50. The van der Waals surface area contributed by atoms with Gasteiger partial charge in [0.25, 0.3) is 0 Å². The highest BCUT2D eigenvalue weighted by Crippen LogP contribution is 2.49. The van der Waals surface area contributed by atoms with Crippen LogP contribution in [0, 0.1) is 0 Å². The number of esters is 1. The van der Waals surface area contributed by atoms with E-state index in [1.807, 2.05) is 0 Å². The van der Waals surface area contributed by atoms with Gasteiger partial charge < -0.3 is 9.22 Å². The van der Waals surface area contributed by atoms with E-state index in [1.165, 1.54) is 7.11 Å². The number of carbonyl (C=O) groups is 1. The first-order chi connectivity index (χ1) is 5.85. The molecule has 13 heavy (non-hydrogen) atoms. The van der Waals surface area contributed by atoms with Crippen molar-refractivity contribution in [3.63, 3.8) is 0 Å². The lowest BCUT2D eigenvalue weighted by Gasteiger charge is -2.36. The quantitative estimate of drug-likeness (QED) is 0.427. The fourth-order valence-electron chi connectivity index (χ4n) is 1.72. The molecule has 4 heteroatoms. The second kappa shape index (κ2) is 3.24. The minimum absolute atomic E-state index is 0.0487. The number of methoxy groups -OCH3 is 1. The van der Waals surface area contributed by atoms with Crippen molar-refractivity contribution in [3.05, 3.63) is 0 Å². The largest absolute Gasteiger partial charge is 0.468 e. The molecule has 0 aromatic heterocycles. The van der Waals surface area contributed by atoms with Gasteiger partial charge in [-0.05, 0) is 0 Å². The predicted octanol–water partition coefficient (Wildman–Crippen LogP) is 1.16. The van der Waals surface area contributed by atoms with E-state index >= 15 is 0 Å². The molecule has 1 unspecified atom stereocenters. The third kappa shape index (κ3) is 1.74. The van der Waals surface area contributed by atoms with Gasteiger partial charge in [0.1, 0.15) is 5.54 Å². The van der Waals surface area contributed by atoms with E-state index in [-0.39, 0.29) is 16.3 Å². The van der Waals surface area contributed by atoms with Crippen LogP contribution >= 0.6 is 15.9 Å². The molecule has 1 atom stereocenters. The van der Waals surface area contributed by atoms with Crippen LogP contribution in [0.5, 0.6) is 0 Å². The summed E-state index contributed by atoms with van der Waals surface area (Å²) in [6.07, 6.45) is 2.17. The highest BCUT2D eigenvalue weighted by atomic mass is 79.9. The summed E-state index contributed by atoms with van der Waals surface area (Å²) in [6, 6.07) is 0. The molecule has 0 amide bonds. The molecule has 1 aliphatic carbocycles. The van der Waals surface area contributed by atoms with Crippen molar-refractivity contribution in [2.75, 3.05) is 28.3 Å². The van der Waals surface area contributed by atoms with Gasteiger partial charge in [0.05, 0.1) is 28.3 Å². The molecule has 0 N–H and O–H groups in total. The Hall–Kier alpha value is -0.0900. The minimum atomic E-state index is -0.176. The number of quaternary nitrogens is 1. The Balaban J connectivity index is 2.77. The molecule has 1 rings (SSSR count). The first kappa shape index (κ1) is 11.0. The number of carbonyl (C=O) groups excluding carboxylic acids is 1. The van der Waals surface area contributed by atoms with Crippen LogP contribution in [-0.2, 0) is 9.53 Å². The van der Waals surface area contributed by atoms with Gasteiger partial charge in [-0.3, -0.25) is 4.79 Å². The maximum Gasteiger partial charge on any atom is 0.325 e. The molecule has 1 aliphatic rings. The van der Waals surface area contributed by atoms with Gasteiger partial charge in [-0.1, -0.05) is 15.9 Å². The molecule has 76 valence electrons. The van der Waals surface area contributed by atoms with E-state index in [9.17, 15) is 4.79 Å². The molecule has 0 radical (unpaired) electrons. The summed E-state index contributed by atoms with van der Waals surface area (Å²) in [7, 11) is 7.78. The van der Waals surface area contributed by atoms with Crippen molar-refractivity contribution in [3.8, 4) is 0 Å². The molecule has 0 saturated heterocycles. The SMILES string of the molecule is COC(=O)C(Br)C1([N+](C)(C)C)CC1. The third-order valence-electron chi connectivity index (χ3n) is 2.98. The number of rotatable bonds is 3. The Kier molecular flexibility index (Phi) is 2.74. The zero-order valence-electron chi connectivity index (χ0n) is 8.63. The lowest BCUT2D eigenvalue weighted by Crippen LogP contribution is -2.54. The Morgan fingerprint density at radius 1 is 1.46 bits per heavy atom. The Bertz CT molecular complexity index is 218. The third-order valence-corrected chi connectivity index (χ3v) is 4.20. The molecular weight excluding hydrogens is 234 g/mol. The average molecular weight is 251 g/mol. The van der Waals surface area contributed by atoms with Gasteiger partial charge in [0.2, 0.25) is 0 Å². The summed E-state index contributed by atoms with van der Waals surface area (Å²) in [4.78, 5) is 11.2. The Morgan fingerprint density at radius 2 is 1.92 bits per heavy atom. The Morgan fingerprint density at radius 3 is 2.15 bits per heavy atom. The highest BCUT2D eigenvalue weighted by Gasteiger charge is 2.62. The second-order valence-corrected chi connectivity index (χ2v) is 5.42. The highest BCUT2D eigenvalue weighted by molar-refractivity contribution is 9.10. The first-order valence-corrected chi connectivity index (χ1v) is 5.30. The van der Waals surface area contributed by atoms with Crippen LogP contribution in [0.4, 0.5) is 0 Å². The van der Waals surface area contributed by atoms with E-state index in [4.69, 9.17) is 4.74 Å². The molecule has 3 nitrogen and oxygen atoms in total. The summed E-state index contributed by atoms with van der Waals surface area (Å²) in [5, 5.41) is 0. The molecule has 0 aromatic carbocycles. The number of nitrogens with zero attached hydrogens (tertiary/aromatic N) is 1. The van der Waals surface area contributed by atoms with E-state index in [0.29, 0.717) is 0 Å². The lowest BCUT2D eigenvalue weighted by molar-refractivity contribution is -0.905. The molecule has 0 aliphatic heterocycles. The van der Waals surface area contributed by atoms with E-state index in [0.717, 1.165) is 17.3 Å². The summed E-state index contributed by atoms with van der Waals surface area (Å²) >= 11 is 3.43. The zero-order valence-corrected chi connectivity index (χ0v) is 10.2. The monoisotopic (exact) mass is 250 g/mol. The number of hydrogen-bond donors (Lipinski definition) is 0. The van der Waals surface area contributed by atoms with Gasteiger partial charge in [-0.15, -0.1) is 0 Å². The smallest absolute Gasteiger partial charge is 0.325 e. The molecule has 0 aromatic rings. The minimum Gasteiger partial charge on any atom is -0.468 e. The molecule has 1 fully saturated rings. The van der Waals surface area contributed by atoms with Crippen molar-refractivity contribution in [1.82, 2.24) is 0 Å². The molecular formula is C9H17BrNO2+. The van der Waals surface area contributed by atoms with Gasteiger partial charge in [0, 0.05) is 12.8 Å². The van der Waals surface area contributed by atoms with Crippen LogP contribution in [0.3, 0.4) is 0 Å². The molecule has 0 bridgehead atoms. The van der Waals surface area contributed by atoms with Gasteiger partial charge in [-0.25, -0.2) is 0 Å². The topological polar surface area (TPSA) is 26.3 Å². The number of alkyl halides is 1. The maximum absolute atomic E-state index is 11.4. The zero-order chi connectivity index (χ0) is 10.3. The van der Waals surface area contributed by atoms with Gasteiger partial charge in [0.15, 0.2) is 4.83 Å². The molecule has 0 spiro atoms. The Labute approximate surface area is 87.8 Å². The van der Waals surface area contributed by atoms with E-state index < -0.39 is 0 Å². The van der Waals surface area contributed by atoms with Crippen LogP contribution in [0.1, 0.15) is 12.8 Å². The average Bonchev–Trinajstić information content (AvgIpc) is 2.80. The van der Waals surface area contributed by atoms with Crippen LogP contribution < -0.4 is 0 Å². The van der Waals surface area contributed by atoms with Crippen molar-refractivity contribution < 1.29 is 14.0 Å². The lowest BCUT2D eigenvalue weighted by atomic mass is 10.1. The normalized spacial score (nSPS) is 22.2. The van der Waals surface area contributed by atoms with Crippen molar-refractivity contribution >= 4 is 21.9 Å². The summed E-state index contributed by atoms with van der Waals surface area (Å²) in [5.41, 5.74) is 0.0487. The maximum atomic E-state index is 11.4. The van der Waals surface area contributed by atoms with Crippen LogP contribution in [-0.4, -0.2) is 49.1 Å². The van der Waals surface area contributed by atoms with Crippen LogP contribution in [0.25, 0.3) is 0 Å². The molecule has 0 heterocycles. The molecule has 1 saturated carbocycles. The van der Waals surface area contributed by atoms with Crippen molar-refractivity contribution in [2.24, 2.45) is 0 Å². The number of halogens is 1. The summed E-state index contributed by atoms with van der Waals surface area (Å²) in [6.45, 7) is 0. The van der Waals surface area contributed by atoms with Gasteiger partial charge in [-0.2, -0.15) is 0 Å². The number of ether oxygens (including phenoxy) is 1. The van der Waals surface area contributed by atoms with Crippen molar-refractivity contribution in [2.45, 2.75) is 23.2 Å². The number of hydrogen-bond acceptors (Lipinski definition) is 2. The summed E-state index contributed by atoms with van der Waals surface area (Å²) < 4.78 is 5.54. The van der Waals surface area contributed by atoms with E-state index in [2.05, 4.69) is 37.1 Å². The fourth-order valence-corrected chi connectivity index (χ4v) is 2.97. The van der Waals surface area contributed by atoms with Crippen molar-refractivity contribution in [1.29, 1.82) is 0 Å². The standard InChI is InChI=1S/C9H17BrNO2/c1-11(2,3)9(5-6-9)7(10)8(12)13-4/h7H,5-6H2,1-4H3/q+1. The van der Waals surface area contributed by atoms with E-state index in [1.54, 1.807) is 0 Å². The fraction of sp³-hybridized carbons (Fsp3) is 0.889. The van der Waals surface area contributed by atoms with Crippen LogP contribution in [0.15, 0.2) is 0 Å². The first-order valence-electron chi connectivity index (χ1n) is 4.38. The van der Waals surface area contributed by atoms with Gasteiger partial charge >= 0.3 is 5.97 Å².